The van der Waals surface area contributed by atoms with Gasteiger partial charge in [0, 0.05) is 6.20 Å². The maximum atomic E-state index is 5.89. The first-order valence-corrected chi connectivity index (χ1v) is 7.02. The first-order valence-electron chi connectivity index (χ1n) is 5.33. The number of fused-ring (bicyclic) bond motifs is 1. The van der Waals surface area contributed by atoms with Gasteiger partial charge in [0.05, 0.1) is 15.9 Å². The van der Waals surface area contributed by atoms with E-state index in [1.54, 1.807) is 23.9 Å². The average molecular weight is 274 g/mol. The molecule has 3 aromatic rings. The lowest BCUT2D eigenvalue weighted by atomic mass is 10.3. The second-order valence-electron chi connectivity index (χ2n) is 3.78. The third-order valence-corrected chi connectivity index (χ3v) is 4.75. The Hall–Kier alpha value is -1.66. The fourth-order valence-corrected chi connectivity index (χ4v) is 3.53. The summed E-state index contributed by atoms with van der Waals surface area (Å²) < 4.78 is 1.09. The van der Waals surface area contributed by atoms with Gasteiger partial charge >= 0.3 is 0 Å². The molecule has 0 unspecified atom stereocenters. The summed E-state index contributed by atoms with van der Waals surface area (Å²) in [6.45, 7) is 2.05. The Morgan fingerprint density at radius 1 is 1.22 bits per heavy atom. The highest BCUT2D eigenvalue weighted by molar-refractivity contribution is 7.99. The molecule has 0 bridgehead atoms. The Morgan fingerprint density at radius 2 is 2.11 bits per heavy atom. The summed E-state index contributed by atoms with van der Waals surface area (Å²) in [5.74, 6) is 0. The summed E-state index contributed by atoms with van der Waals surface area (Å²) >= 11 is 3.13. The number of nitrogens with zero attached hydrogens (tertiary/aromatic N) is 3. The van der Waals surface area contributed by atoms with Crippen molar-refractivity contribution >= 4 is 39.0 Å². The molecule has 3 aromatic heterocycles. The normalized spacial score (nSPS) is 10.9. The monoisotopic (exact) mass is 274 g/mol. The Morgan fingerprint density at radius 3 is 2.94 bits per heavy atom. The number of pyridine rings is 1. The number of nitrogens with two attached hydrogens (primary N) is 1. The molecule has 0 spiro atoms. The molecule has 6 heteroatoms. The van der Waals surface area contributed by atoms with Gasteiger partial charge in [-0.05, 0) is 41.8 Å². The zero-order valence-electron chi connectivity index (χ0n) is 9.62. The van der Waals surface area contributed by atoms with E-state index in [0.29, 0.717) is 5.69 Å². The molecule has 0 aliphatic rings. The third kappa shape index (κ3) is 1.93. The molecule has 0 atom stereocenters. The summed E-state index contributed by atoms with van der Waals surface area (Å²) in [7, 11) is 0. The summed E-state index contributed by atoms with van der Waals surface area (Å²) in [6.07, 6.45) is 3.32. The quantitative estimate of drug-likeness (QED) is 0.727. The van der Waals surface area contributed by atoms with Crippen molar-refractivity contribution in [1.82, 2.24) is 15.0 Å². The highest BCUT2D eigenvalue weighted by atomic mass is 32.2. The van der Waals surface area contributed by atoms with E-state index in [-0.39, 0.29) is 0 Å². The van der Waals surface area contributed by atoms with Crippen LogP contribution in [0.4, 0.5) is 5.69 Å². The van der Waals surface area contributed by atoms with Crippen molar-refractivity contribution in [1.29, 1.82) is 0 Å². The molecule has 90 valence electrons. The number of aryl methyl sites for hydroxylation is 1. The van der Waals surface area contributed by atoms with E-state index in [9.17, 15) is 0 Å². The lowest BCUT2D eigenvalue weighted by Gasteiger charge is -2.03. The molecule has 3 heterocycles. The highest BCUT2D eigenvalue weighted by Gasteiger charge is 2.11. The van der Waals surface area contributed by atoms with Gasteiger partial charge in [-0.2, -0.15) is 0 Å². The topological polar surface area (TPSA) is 64.7 Å². The fourth-order valence-electron chi connectivity index (χ4n) is 1.60. The molecule has 2 N–H and O–H groups in total. The van der Waals surface area contributed by atoms with E-state index >= 15 is 0 Å². The molecule has 0 aliphatic carbocycles. The lowest BCUT2D eigenvalue weighted by molar-refractivity contribution is 1.09. The zero-order chi connectivity index (χ0) is 12.5. The van der Waals surface area contributed by atoms with Gasteiger partial charge < -0.3 is 5.73 Å². The van der Waals surface area contributed by atoms with Crippen LogP contribution in [-0.4, -0.2) is 15.0 Å². The van der Waals surface area contributed by atoms with Gasteiger partial charge in [0.1, 0.15) is 16.4 Å². The number of hydrogen-bond acceptors (Lipinski definition) is 6. The van der Waals surface area contributed by atoms with Crippen molar-refractivity contribution in [3.63, 3.8) is 0 Å². The van der Waals surface area contributed by atoms with E-state index in [4.69, 9.17) is 5.73 Å². The van der Waals surface area contributed by atoms with Gasteiger partial charge in [0.2, 0.25) is 0 Å². The fraction of sp³-hybridized carbons (Fsp3) is 0.0833. The largest absolute Gasteiger partial charge is 0.397 e. The van der Waals surface area contributed by atoms with Crippen LogP contribution in [0.5, 0.6) is 0 Å². The van der Waals surface area contributed by atoms with Crippen LogP contribution in [0.25, 0.3) is 10.2 Å². The number of nitrogen functional groups attached to an aromatic ring is 1. The van der Waals surface area contributed by atoms with E-state index in [1.807, 2.05) is 12.1 Å². The summed E-state index contributed by atoms with van der Waals surface area (Å²) in [5, 5.41) is 3.78. The van der Waals surface area contributed by atoms with Crippen molar-refractivity contribution in [3.8, 4) is 0 Å². The molecule has 18 heavy (non-hydrogen) atoms. The summed E-state index contributed by atoms with van der Waals surface area (Å²) in [5.41, 5.74) is 8.74. The molecule has 0 saturated carbocycles. The predicted octanol–water partition coefficient (Wildman–Crippen LogP) is 3.13. The Bertz CT molecular complexity index is 708. The minimum Gasteiger partial charge on any atom is -0.397 e. The molecule has 0 fully saturated rings. The second kappa shape index (κ2) is 4.55. The SMILES string of the molecule is Cc1csc2c(Sc3ncccc3N)ncnc12. The van der Waals surface area contributed by atoms with Crippen LogP contribution < -0.4 is 5.73 Å². The molecule has 0 aromatic carbocycles. The minimum absolute atomic E-state index is 0.669. The van der Waals surface area contributed by atoms with Gasteiger partial charge in [0.15, 0.2) is 0 Å². The van der Waals surface area contributed by atoms with Crippen LogP contribution in [0.15, 0.2) is 40.1 Å². The predicted molar refractivity (Wildman–Crippen MR) is 74.9 cm³/mol. The molecular formula is C12H10N4S2. The first-order chi connectivity index (χ1) is 8.75. The highest BCUT2D eigenvalue weighted by Crippen LogP contribution is 2.36. The molecule has 0 radical (unpaired) electrons. The summed E-state index contributed by atoms with van der Waals surface area (Å²) in [6, 6.07) is 3.66. The van der Waals surface area contributed by atoms with Crippen molar-refractivity contribution < 1.29 is 0 Å². The van der Waals surface area contributed by atoms with E-state index in [1.165, 1.54) is 17.3 Å². The Kier molecular flexibility index (Phi) is 2.89. The van der Waals surface area contributed by atoms with E-state index < -0.39 is 0 Å². The Labute approximate surface area is 112 Å². The molecule has 0 saturated heterocycles. The van der Waals surface area contributed by atoms with Crippen LogP contribution in [0.1, 0.15) is 5.56 Å². The number of rotatable bonds is 2. The lowest BCUT2D eigenvalue weighted by Crippen LogP contribution is -1.91. The number of anilines is 1. The first kappa shape index (κ1) is 11.4. The van der Waals surface area contributed by atoms with Gasteiger partial charge in [-0.15, -0.1) is 11.3 Å². The van der Waals surface area contributed by atoms with E-state index in [0.717, 1.165) is 20.3 Å². The zero-order valence-corrected chi connectivity index (χ0v) is 11.3. The van der Waals surface area contributed by atoms with Crippen molar-refractivity contribution in [2.75, 3.05) is 5.73 Å². The number of hydrogen-bond donors (Lipinski definition) is 1. The molecule has 4 nitrogen and oxygen atoms in total. The standard InChI is InChI=1S/C12H10N4S2/c1-7-5-17-10-9(7)15-6-16-12(10)18-11-8(13)3-2-4-14-11/h2-6H,13H2,1H3. The second-order valence-corrected chi connectivity index (χ2v) is 5.63. The number of thiophene rings is 1. The molecular weight excluding hydrogens is 264 g/mol. The maximum absolute atomic E-state index is 5.89. The smallest absolute Gasteiger partial charge is 0.125 e. The van der Waals surface area contributed by atoms with Crippen LogP contribution in [0.2, 0.25) is 0 Å². The van der Waals surface area contributed by atoms with Crippen molar-refractivity contribution in [3.05, 3.63) is 35.6 Å². The minimum atomic E-state index is 0.669. The van der Waals surface area contributed by atoms with Gasteiger partial charge in [0.25, 0.3) is 0 Å². The third-order valence-electron chi connectivity index (χ3n) is 2.49. The molecule has 3 rings (SSSR count). The molecule has 0 aliphatic heterocycles. The van der Waals surface area contributed by atoms with Crippen LogP contribution in [-0.2, 0) is 0 Å². The average Bonchev–Trinajstić information content (AvgIpc) is 2.76. The molecule has 0 amide bonds. The van der Waals surface area contributed by atoms with Crippen LogP contribution >= 0.6 is 23.1 Å². The van der Waals surface area contributed by atoms with Crippen molar-refractivity contribution in [2.24, 2.45) is 0 Å². The van der Waals surface area contributed by atoms with Crippen LogP contribution in [0.3, 0.4) is 0 Å². The van der Waals surface area contributed by atoms with E-state index in [2.05, 4.69) is 27.3 Å². The van der Waals surface area contributed by atoms with Crippen LogP contribution in [0, 0.1) is 6.92 Å². The Balaban J connectivity index is 2.08. The summed E-state index contributed by atoms with van der Waals surface area (Å²) in [4.78, 5) is 12.9. The van der Waals surface area contributed by atoms with Gasteiger partial charge in [-0.25, -0.2) is 15.0 Å². The maximum Gasteiger partial charge on any atom is 0.125 e. The van der Waals surface area contributed by atoms with Gasteiger partial charge in [-0.3, -0.25) is 0 Å². The van der Waals surface area contributed by atoms with Gasteiger partial charge in [-0.1, -0.05) is 0 Å². The van der Waals surface area contributed by atoms with Crippen molar-refractivity contribution in [2.45, 2.75) is 17.0 Å². The number of aromatic nitrogens is 3.